The van der Waals surface area contributed by atoms with Gasteiger partial charge in [0.1, 0.15) is 0 Å². The first-order chi connectivity index (χ1) is 10.7. The molecule has 1 aromatic rings. The summed E-state index contributed by atoms with van der Waals surface area (Å²) in [7, 11) is -3.14. The Morgan fingerprint density at radius 2 is 1.83 bits per heavy atom. The molecule has 0 unspecified atom stereocenters. The quantitative estimate of drug-likeness (QED) is 0.795. The van der Waals surface area contributed by atoms with Crippen molar-refractivity contribution in [3.63, 3.8) is 0 Å². The number of nitrogens with zero attached hydrogens (tertiary/aromatic N) is 2. The van der Waals surface area contributed by atoms with Crippen LogP contribution in [0.15, 0.2) is 29.2 Å². The van der Waals surface area contributed by atoms with Gasteiger partial charge in [-0.15, -0.1) is 0 Å². The van der Waals surface area contributed by atoms with Crippen LogP contribution in [-0.4, -0.2) is 61.2 Å². The normalized spacial score (nSPS) is 18.3. The third kappa shape index (κ3) is 4.66. The minimum Gasteiger partial charge on any atom is -0.308 e. The summed E-state index contributed by atoms with van der Waals surface area (Å²) < 4.78 is 52.3. The van der Waals surface area contributed by atoms with Crippen molar-refractivity contribution in [3.05, 3.63) is 24.3 Å². The van der Waals surface area contributed by atoms with Crippen LogP contribution in [0.1, 0.15) is 12.8 Å². The summed E-state index contributed by atoms with van der Waals surface area (Å²) in [6, 6.07) is 5.97. The molecule has 1 heterocycles. The number of sulfonamides is 2. The molecule has 1 saturated heterocycles. The van der Waals surface area contributed by atoms with Crippen molar-refractivity contribution >= 4 is 25.7 Å². The molecule has 7 nitrogen and oxygen atoms in total. The Morgan fingerprint density at radius 3 is 2.39 bits per heavy atom. The molecule has 0 aromatic heterocycles. The summed E-state index contributed by atoms with van der Waals surface area (Å²) in [4.78, 5) is 2.02. The first kappa shape index (κ1) is 18.2. The number of anilines is 1. The Labute approximate surface area is 138 Å². The highest BCUT2D eigenvalue weighted by atomic mass is 32.2. The zero-order valence-electron chi connectivity index (χ0n) is 13.4. The average molecular weight is 361 g/mol. The second-order valence-electron chi connectivity index (χ2n) is 5.79. The lowest BCUT2D eigenvalue weighted by atomic mass is 10.3. The van der Waals surface area contributed by atoms with Gasteiger partial charge in [-0.3, -0.25) is 4.31 Å². The van der Waals surface area contributed by atoms with Crippen molar-refractivity contribution in [3.8, 4) is 0 Å². The van der Waals surface area contributed by atoms with Crippen molar-refractivity contribution in [2.45, 2.75) is 17.7 Å². The van der Waals surface area contributed by atoms with Gasteiger partial charge in [0.05, 0.1) is 16.3 Å². The van der Waals surface area contributed by atoms with Crippen LogP contribution in [0.3, 0.4) is 0 Å². The Bertz CT molecular complexity index is 728. The highest BCUT2D eigenvalue weighted by Gasteiger charge is 2.26. The van der Waals surface area contributed by atoms with E-state index < -0.39 is 20.0 Å². The smallest absolute Gasteiger partial charge is 0.240 e. The maximum atomic E-state index is 12.2. The molecule has 0 radical (unpaired) electrons. The Kier molecular flexibility index (Phi) is 5.66. The SMILES string of the molecule is CN(C)CCNS(=O)(=O)c1ccc(N2CCCCS2(=O)=O)cc1. The number of nitrogens with one attached hydrogen (secondary N) is 1. The second kappa shape index (κ2) is 7.16. The summed E-state index contributed by atoms with van der Waals surface area (Å²) in [5, 5.41) is 0. The molecule has 1 N–H and O–H groups in total. The Hall–Kier alpha value is -1.16. The molecule has 130 valence electrons. The highest BCUT2D eigenvalue weighted by molar-refractivity contribution is 7.92. The van der Waals surface area contributed by atoms with Crippen LogP contribution in [0.25, 0.3) is 0 Å². The van der Waals surface area contributed by atoms with Crippen LogP contribution in [0.5, 0.6) is 0 Å². The van der Waals surface area contributed by atoms with Crippen molar-refractivity contribution in [2.75, 3.05) is 43.8 Å². The number of hydrogen-bond acceptors (Lipinski definition) is 5. The fourth-order valence-electron chi connectivity index (χ4n) is 2.36. The van der Waals surface area contributed by atoms with E-state index in [-0.39, 0.29) is 10.6 Å². The third-order valence-electron chi connectivity index (χ3n) is 3.64. The third-order valence-corrected chi connectivity index (χ3v) is 6.98. The van der Waals surface area contributed by atoms with Crippen molar-refractivity contribution in [1.82, 2.24) is 9.62 Å². The fourth-order valence-corrected chi connectivity index (χ4v) is 5.02. The van der Waals surface area contributed by atoms with E-state index in [0.717, 1.165) is 6.42 Å². The summed E-state index contributed by atoms with van der Waals surface area (Å²) >= 11 is 0. The van der Waals surface area contributed by atoms with E-state index in [1.807, 2.05) is 19.0 Å². The van der Waals surface area contributed by atoms with E-state index in [2.05, 4.69) is 4.72 Å². The van der Waals surface area contributed by atoms with E-state index in [1.54, 1.807) is 12.1 Å². The van der Waals surface area contributed by atoms with Gasteiger partial charge in [-0.1, -0.05) is 0 Å². The Balaban J connectivity index is 2.13. The molecule has 0 spiro atoms. The molecule has 1 aromatic carbocycles. The van der Waals surface area contributed by atoms with Gasteiger partial charge in [0.25, 0.3) is 0 Å². The van der Waals surface area contributed by atoms with Crippen LogP contribution in [-0.2, 0) is 20.0 Å². The molecule has 0 aliphatic carbocycles. The molecular formula is C14H23N3O4S2. The van der Waals surface area contributed by atoms with Crippen molar-refractivity contribution < 1.29 is 16.8 Å². The lowest BCUT2D eigenvalue weighted by molar-refractivity contribution is 0.412. The molecule has 1 fully saturated rings. The predicted octanol–water partition coefficient (Wildman–Crippen LogP) is 0.457. The molecule has 0 atom stereocenters. The van der Waals surface area contributed by atoms with Gasteiger partial charge in [0.2, 0.25) is 20.0 Å². The molecule has 0 bridgehead atoms. The van der Waals surface area contributed by atoms with Gasteiger partial charge in [0.15, 0.2) is 0 Å². The van der Waals surface area contributed by atoms with Crippen molar-refractivity contribution in [2.24, 2.45) is 0 Å². The molecule has 1 aliphatic rings. The highest BCUT2D eigenvalue weighted by Crippen LogP contribution is 2.24. The number of benzene rings is 1. The molecule has 0 saturated carbocycles. The number of likely N-dealkylation sites (N-methyl/N-ethyl adjacent to an activating group) is 1. The monoisotopic (exact) mass is 361 g/mol. The summed E-state index contributed by atoms with van der Waals surface area (Å²) in [6.07, 6.45) is 1.48. The van der Waals surface area contributed by atoms with Crippen LogP contribution < -0.4 is 9.03 Å². The predicted molar refractivity (Wildman–Crippen MR) is 90.6 cm³/mol. The minimum atomic E-state index is -3.58. The van der Waals surface area contributed by atoms with Gasteiger partial charge in [-0.25, -0.2) is 21.6 Å². The van der Waals surface area contributed by atoms with Crippen LogP contribution in [0.4, 0.5) is 5.69 Å². The lowest BCUT2D eigenvalue weighted by Crippen LogP contribution is -2.37. The summed E-state index contributed by atoms with van der Waals surface area (Å²) in [5.41, 5.74) is 0.511. The topological polar surface area (TPSA) is 86.8 Å². The van der Waals surface area contributed by atoms with Gasteiger partial charge in [0, 0.05) is 19.6 Å². The minimum absolute atomic E-state index is 0.134. The van der Waals surface area contributed by atoms with Crippen LogP contribution in [0, 0.1) is 0 Å². The lowest BCUT2D eigenvalue weighted by Gasteiger charge is -2.28. The van der Waals surface area contributed by atoms with E-state index in [1.165, 1.54) is 16.4 Å². The molecule has 23 heavy (non-hydrogen) atoms. The maximum absolute atomic E-state index is 12.2. The summed E-state index contributed by atoms with van der Waals surface area (Å²) in [5.74, 6) is 0.138. The molecule has 9 heteroatoms. The van der Waals surface area contributed by atoms with Crippen LogP contribution >= 0.6 is 0 Å². The molecular weight excluding hydrogens is 338 g/mol. The van der Waals surface area contributed by atoms with Crippen molar-refractivity contribution in [1.29, 1.82) is 0 Å². The maximum Gasteiger partial charge on any atom is 0.240 e. The van der Waals surface area contributed by atoms with Gasteiger partial charge < -0.3 is 4.90 Å². The van der Waals surface area contributed by atoms with Gasteiger partial charge >= 0.3 is 0 Å². The van der Waals surface area contributed by atoms with Crippen LogP contribution in [0.2, 0.25) is 0 Å². The fraction of sp³-hybridized carbons (Fsp3) is 0.571. The molecule has 1 aliphatic heterocycles. The standard InChI is InChI=1S/C14H23N3O4S2/c1-16(2)11-9-15-23(20,21)14-7-5-13(6-8-14)17-10-3-4-12-22(17,18)19/h5-8,15H,3-4,9-12H2,1-2H3. The van der Waals surface area contributed by atoms with Gasteiger partial charge in [-0.2, -0.15) is 0 Å². The largest absolute Gasteiger partial charge is 0.308 e. The van der Waals surface area contributed by atoms with E-state index in [4.69, 9.17) is 0 Å². The molecule has 2 rings (SSSR count). The first-order valence-electron chi connectivity index (χ1n) is 7.47. The van der Waals surface area contributed by atoms with E-state index in [0.29, 0.717) is 31.7 Å². The number of hydrogen-bond donors (Lipinski definition) is 1. The zero-order chi connectivity index (χ0) is 17.1. The Morgan fingerprint density at radius 1 is 1.17 bits per heavy atom. The second-order valence-corrected chi connectivity index (χ2v) is 9.57. The van der Waals surface area contributed by atoms with Gasteiger partial charge in [-0.05, 0) is 51.2 Å². The summed E-state index contributed by atoms with van der Waals surface area (Å²) in [6.45, 7) is 1.36. The number of rotatable bonds is 6. The molecule has 0 amide bonds. The zero-order valence-corrected chi connectivity index (χ0v) is 15.0. The van der Waals surface area contributed by atoms with E-state index >= 15 is 0 Å². The van der Waals surface area contributed by atoms with E-state index in [9.17, 15) is 16.8 Å². The average Bonchev–Trinajstić information content (AvgIpc) is 2.46. The first-order valence-corrected chi connectivity index (χ1v) is 10.6.